The van der Waals surface area contributed by atoms with Crippen LogP contribution in [0.4, 0.5) is 34.9 Å². The number of rotatable bonds is 5. The third kappa shape index (κ3) is 6.64. The monoisotopic (exact) mass is 603 g/mol. The Morgan fingerprint density at radius 1 is 1.07 bits per heavy atom. The van der Waals surface area contributed by atoms with Gasteiger partial charge >= 0.3 is 6.18 Å². The molecule has 0 saturated carbocycles. The summed E-state index contributed by atoms with van der Waals surface area (Å²) in [7, 11) is 1.96. The number of benzene rings is 1. The molecule has 1 amide bonds. The first-order valence-electron chi connectivity index (χ1n) is 13.9. The smallest absolute Gasteiger partial charge is 0.372 e. The number of amides is 1. The van der Waals surface area contributed by atoms with Crippen LogP contribution in [0, 0.1) is 5.82 Å². The van der Waals surface area contributed by atoms with Gasteiger partial charge in [0, 0.05) is 62.8 Å². The van der Waals surface area contributed by atoms with Crippen molar-refractivity contribution in [3.8, 4) is 11.3 Å². The Morgan fingerprint density at radius 3 is 2.47 bits per heavy atom. The van der Waals surface area contributed by atoms with Gasteiger partial charge in [-0.2, -0.15) is 13.2 Å². The first-order valence-corrected chi connectivity index (χ1v) is 13.9. The zero-order valence-electron chi connectivity index (χ0n) is 24.2. The minimum Gasteiger partial charge on any atom is -0.372 e. The number of aromatic nitrogens is 3. The number of carbonyl (C=O) groups is 1. The highest BCUT2D eigenvalue weighted by atomic mass is 19.4. The van der Waals surface area contributed by atoms with Crippen LogP contribution < -0.4 is 20.7 Å². The SMILES string of the molecule is C[C@@H]1CN(c2nccc(-c3cc(NC(=O)c4c[nH]c(=O)cc4C(F)(F)F)c(N4CCN(C)[C@@H](C)C4)cc3F)n2)C[C@H](C)O1. The predicted octanol–water partition coefficient (Wildman–Crippen LogP) is 4.00. The van der Waals surface area contributed by atoms with Gasteiger partial charge in [0.15, 0.2) is 0 Å². The number of H-pyrrole nitrogens is 1. The summed E-state index contributed by atoms with van der Waals surface area (Å²) >= 11 is 0. The summed E-state index contributed by atoms with van der Waals surface area (Å²) < 4.78 is 62.8. The lowest BCUT2D eigenvalue weighted by Crippen LogP contribution is -2.50. The number of hydrogen-bond acceptors (Lipinski definition) is 8. The molecule has 5 rings (SSSR count). The molecule has 3 aromatic rings. The van der Waals surface area contributed by atoms with Crippen LogP contribution in [0.25, 0.3) is 11.3 Å². The number of morpholine rings is 1. The van der Waals surface area contributed by atoms with Crippen molar-refractivity contribution >= 4 is 23.2 Å². The van der Waals surface area contributed by atoms with Crippen molar-refractivity contribution in [3.05, 3.63) is 64.0 Å². The number of ether oxygens (including phenoxy) is 1. The Labute approximate surface area is 245 Å². The summed E-state index contributed by atoms with van der Waals surface area (Å²) in [5, 5.41) is 2.56. The Kier molecular flexibility index (Phi) is 8.43. The molecule has 0 unspecified atom stereocenters. The normalized spacial score (nSPS) is 21.6. The highest BCUT2D eigenvalue weighted by Crippen LogP contribution is 2.37. The fraction of sp³-hybridized carbons (Fsp3) is 0.448. The van der Waals surface area contributed by atoms with E-state index in [0.29, 0.717) is 50.4 Å². The molecule has 43 heavy (non-hydrogen) atoms. The fourth-order valence-corrected chi connectivity index (χ4v) is 5.46. The van der Waals surface area contributed by atoms with Gasteiger partial charge in [-0.1, -0.05) is 0 Å². The van der Waals surface area contributed by atoms with Crippen LogP contribution in [-0.4, -0.2) is 83.8 Å². The molecule has 2 aliphatic heterocycles. The lowest BCUT2D eigenvalue weighted by atomic mass is 10.1. The molecule has 0 spiro atoms. The van der Waals surface area contributed by atoms with Crippen molar-refractivity contribution in [2.75, 3.05) is 54.9 Å². The average molecular weight is 604 g/mol. The number of nitrogens with one attached hydrogen (secondary N) is 2. The van der Waals surface area contributed by atoms with Gasteiger partial charge in [-0.3, -0.25) is 9.59 Å². The van der Waals surface area contributed by atoms with E-state index in [9.17, 15) is 22.8 Å². The van der Waals surface area contributed by atoms with Gasteiger partial charge in [-0.25, -0.2) is 14.4 Å². The van der Waals surface area contributed by atoms with Crippen molar-refractivity contribution in [3.63, 3.8) is 0 Å². The Bertz CT molecular complexity index is 1550. The van der Waals surface area contributed by atoms with Crippen molar-refractivity contribution < 1.29 is 27.1 Å². The van der Waals surface area contributed by atoms with E-state index in [-0.39, 0.29) is 35.2 Å². The number of likely N-dealkylation sites (N-methyl/N-ethyl adjacent to an activating group) is 1. The van der Waals surface area contributed by atoms with Crippen LogP contribution in [0.5, 0.6) is 0 Å². The number of piperazine rings is 1. The number of anilines is 3. The molecule has 14 heteroatoms. The number of carbonyl (C=O) groups excluding carboxylic acids is 1. The summed E-state index contributed by atoms with van der Waals surface area (Å²) in [5.74, 6) is -1.35. The summed E-state index contributed by atoms with van der Waals surface area (Å²) in [6.45, 7) is 8.60. The van der Waals surface area contributed by atoms with E-state index in [1.165, 1.54) is 24.4 Å². The maximum atomic E-state index is 15.8. The van der Waals surface area contributed by atoms with Crippen molar-refractivity contribution in [1.29, 1.82) is 0 Å². The fourth-order valence-electron chi connectivity index (χ4n) is 5.46. The molecule has 2 saturated heterocycles. The van der Waals surface area contributed by atoms with Crippen LogP contribution in [0.1, 0.15) is 36.7 Å². The zero-order valence-corrected chi connectivity index (χ0v) is 24.2. The van der Waals surface area contributed by atoms with Crippen LogP contribution in [0.15, 0.2) is 41.5 Å². The maximum absolute atomic E-state index is 15.8. The first-order chi connectivity index (χ1) is 20.3. The van der Waals surface area contributed by atoms with Crippen molar-refractivity contribution in [2.45, 2.75) is 45.2 Å². The molecule has 1 aromatic carbocycles. The van der Waals surface area contributed by atoms with Gasteiger partial charge in [0.25, 0.3) is 5.91 Å². The molecule has 2 aromatic heterocycles. The van der Waals surface area contributed by atoms with Crippen molar-refractivity contribution in [1.82, 2.24) is 19.9 Å². The van der Waals surface area contributed by atoms with E-state index in [0.717, 1.165) is 6.20 Å². The van der Waals surface area contributed by atoms with E-state index in [2.05, 4.69) is 25.2 Å². The highest BCUT2D eigenvalue weighted by molar-refractivity contribution is 6.07. The third-order valence-corrected chi connectivity index (χ3v) is 7.73. The minimum absolute atomic E-state index is 0.0387. The molecule has 0 aliphatic carbocycles. The highest BCUT2D eigenvalue weighted by Gasteiger charge is 2.36. The number of nitrogens with zero attached hydrogens (tertiary/aromatic N) is 5. The number of halogens is 4. The molecule has 2 N–H and O–H groups in total. The van der Waals surface area contributed by atoms with Crippen LogP contribution in [-0.2, 0) is 10.9 Å². The number of pyridine rings is 1. The summed E-state index contributed by atoms with van der Waals surface area (Å²) in [6, 6.07) is 4.60. The largest absolute Gasteiger partial charge is 0.417 e. The number of aromatic amines is 1. The quantitative estimate of drug-likeness (QED) is 0.422. The Hall–Kier alpha value is -4.04. The summed E-state index contributed by atoms with van der Waals surface area (Å²) in [4.78, 5) is 42.0. The third-order valence-electron chi connectivity index (χ3n) is 7.73. The molecule has 230 valence electrons. The van der Waals surface area contributed by atoms with E-state index < -0.39 is 34.6 Å². The second-order valence-corrected chi connectivity index (χ2v) is 11.1. The van der Waals surface area contributed by atoms with Gasteiger partial charge in [0.2, 0.25) is 11.5 Å². The summed E-state index contributed by atoms with van der Waals surface area (Å²) in [5.41, 5.74) is -2.44. The van der Waals surface area contributed by atoms with Crippen molar-refractivity contribution in [2.24, 2.45) is 0 Å². The standard InChI is InChI=1S/C29H33F4N7O3/c1-16-13-39(8-7-38(16)4)25-11-22(30)19(23-5-6-34-28(37-23)40-14-17(2)43-18(3)15-40)9-24(25)36-27(42)20-12-35-26(41)10-21(20)29(31,32)33/h5-6,9-12,16-18H,7-8,13-15H2,1-4H3,(H,35,41)(H,36,42)/t16-,17-,18+/m0/s1. The molecule has 2 fully saturated rings. The van der Waals surface area contributed by atoms with Gasteiger partial charge < -0.3 is 29.7 Å². The molecule has 0 bridgehead atoms. The van der Waals surface area contributed by atoms with Gasteiger partial charge in [-0.15, -0.1) is 0 Å². The average Bonchev–Trinajstić information content (AvgIpc) is 2.94. The Morgan fingerprint density at radius 2 is 1.79 bits per heavy atom. The molecule has 0 radical (unpaired) electrons. The zero-order chi connectivity index (χ0) is 31.1. The maximum Gasteiger partial charge on any atom is 0.417 e. The molecule has 10 nitrogen and oxygen atoms in total. The topological polar surface area (TPSA) is 107 Å². The summed E-state index contributed by atoms with van der Waals surface area (Å²) in [6.07, 6.45) is -2.84. The van der Waals surface area contributed by atoms with E-state index in [4.69, 9.17) is 4.74 Å². The minimum atomic E-state index is -4.95. The lowest BCUT2D eigenvalue weighted by molar-refractivity contribution is -0.138. The molecular weight excluding hydrogens is 570 g/mol. The number of hydrogen-bond donors (Lipinski definition) is 2. The lowest BCUT2D eigenvalue weighted by Gasteiger charge is -2.39. The predicted molar refractivity (Wildman–Crippen MR) is 154 cm³/mol. The van der Waals surface area contributed by atoms with E-state index in [1.54, 1.807) is 0 Å². The number of alkyl halides is 3. The second kappa shape index (κ2) is 11.9. The van der Waals surface area contributed by atoms with E-state index >= 15 is 4.39 Å². The Balaban J connectivity index is 1.56. The molecule has 4 heterocycles. The molecule has 2 aliphatic rings. The van der Waals surface area contributed by atoms with Crippen LogP contribution in [0.2, 0.25) is 0 Å². The van der Waals surface area contributed by atoms with Gasteiger partial charge in [-0.05, 0) is 46.0 Å². The molecule has 3 atom stereocenters. The first kappa shape index (κ1) is 30.4. The van der Waals surface area contributed by atoms with Crippen LogP contribution >= 0.6 is 0 Å². The van der Waals surface area contributed by atoms with E-state index in [1.807, 2.05) is 37.6 Å². The second-order valence-electron chi connectivity index (χ2n) is 11.1. The van der Waals surface area contributed by atoms with Crippen LogP contribution in [0.3, 0.4) is 0 Å². The van der Waals surface area contributed by atoms with Gasteiger partial charge in [0.05, 0.1) is 40.4 Å². The molecular formula is C29H33F4N7O3. The van der Waals surface area contributed by atoms with Gasteiger partial charge in [0.1, 0.15) is 5.82 Å².